The van der Waals surface area contributed by atoms with Crippen molar-refractivity contribution in [3.05, 3.63) is 133 Å². The summed E-state index contributed by atoms with van der Waals surface area (Å²) in [4.78, 5) is 0. The van der Waals surface area contributed by atoms with Crippen LogP contribution in [0.25, 0.3) is 76.4 Å². The summed E-state index contributed by atoms with van der Waals surface area (Å²) < 4.78 is 4.96. The molecule has 2 nitrogen and oxygen atoms in total. The van der Waals surface area contributed by atoms with Gasteiger partial charge in [-0.15, -0.1) is 0 Å². The summed E-state index contributed by atoms with van der Waals surface area (Å²) >= 11 is 0. The highest BCUT2D eigenvalue weighted by Crippen LogP contribution is 2.41. The fourth-order valence-electron chi connectivity index (χ4n) is 6.61. The van der Waals surface area contributed by atoms with Gasteiger partial charge in [-0.2, -0.15) is 0 Å². The average molecular weight is 483 g/mol. The van der Waals surface area contributed by atoms with E-state index in [0.717, 1.165) is 0 Å². The number of fused-ring (bicyclic) bond motifs is 13. The van der Waals surface area contributed by atoms with E-state index in [4.69, 9.17) is 0 Å². The van der Waals surface area contributed by atoms with E-state index in [-0.39, 0.29) is 0 Å². The minimum absolute atomic E-state index is 1.18. The van der Waals surface area contributed by atoms with Crippen molar-refractivity contribution in [3.63, 3.8) is 0 Å². The topological polar surface area (TPSA) is 9.34 Å². The van der Waals surface area contributed by atoms with E-state index >= 15 is 0 Å². The fraction of sp³-hybridized carbons (Fsp3) is 0. The van der Waals surface area contributed by atoms with Crippen LogP contribution in [-0.4, -0.2) is 8.97 Å². The minimum Gasteiger partial charge on any atom is -0.307 e. The number of rotatable bonds is 1. The smallest absolute Gasteiger partial charge is 0.0788 e. The lowest BCUT2D eigenvalue weighted by molar-refractivity contribution is 1.18. The second kappa shape index (κ2) is 7.24. The molecule has 3 aromatic heterocycles. The summed E-state index contributed by atoms with van der Waals surface area (Å²) in [6.07, 6.45) is 0. The first kappa shape index (κ1) is 20.0. The number of para-hydroxylation sites is 2. The molecule has 38 heavy (non-hydrogen) atoms. The van der Waals surface area contributed by atoms with Gasteiger partial charge in [0.05, 0.1) is 27.6 Å². The molecule has 6 aromatic carbocycles. The number of hydrogen-bond acceptors (Lipinski definition) is 0. The molecule has 0 saturated heterocycles. The summed E-state index contributed by atoms with van der Waals surface area (Å²) in [7, 11) is 0. The van der Waals surface area contributed by atoms with Crippen molar-refractivity contribution in [1.29, 1.82) is 0 Å². The van der Waals surface area contributed by atoms with Crippen molar-refractivity contribution in [2.45, 2.75) is 0 Å². The first-order valence-electron chi connectivity index (χ1n) is 13.1. The molecule has 2 heteroatoms. The molecule has 176 valence electrons. The lowest BCUT2D eigenvalue weighted by atomic mass is 10.1. The Bertz CT molecular complexity index is 2400. The molecule has 0 saturated carbocycles. The van der Waals surface area contributed by atoms with Gasteiger partial charge in [-0.1, -0.05) is 103 Å². The van der Waals surface area contributed by atoms with Gasteiger partial charge in [-0.3, -0.25) is 0 Å². The first-order valence-corrected chi connectivity index (χ1v) is 13.1. The maximum absolute atomic E-state index is 2.49. The van der Waals surface area contributed by atoms with Gasteiger partial charge in [0, 0.05) is 32.6 Å². The Morgan fingerprint density at radius 3 is 1.76 bits per heavy atom. The summed E-state index contributed by atoms with van der Waals surface area (Å²) in [6, 6.07) is 48.8. The monoisotopic (exact) mass is 482 g/mol. The highest BCUT2D eigenvalue weighted by molar-refractivity contribution is 6.22. The van der Waals surface area contributed by atoms with Crippen molar-refractivity contribution in [2.75, 3.05) is 0 Å². The summed E-state index contributed by atoms with van der Waals surface area (Å²) in [5.74, 6) is 0. The zero-order chi connectivity index (χ0) is 24.8. The maximum atomic E-state index is 2.49. The van der Waals surface area contributed by atoms with Crippen LogP contribution in [-0.2, 0) is 0 Å². The molecule has 0 aliphatic carbocycles. The third kappa shape index (κ3) is 2.51. The minimum atomic E-state index is 1.18. The molecular weight excluding hydrogens is 460 g/mol. The quantitative estimate of drug-likeness (QED) is 0.206. The number of hydrogen-bond donors (Lipinski definition) is 0. The highest BCUT2D eigenvalue weighted by atomic mass is 15.0. The van der Waals surface area contributed by atoms with Crippen molar-refractivity contribution < 1.29 is 0 Å². The predicted octanol–water partition coefficient (Wildman–Crippen LogP) is 9.65. The molecule has 0 atom stereocenters. The van der Waals surface area contributed by atoms with Gasteiger partial charge in [0.15, 0.2) is 0 Å². The van der Waals surface area contributed by atoms with Crippen LogP contribution in [0.15, 0.2) is 133 Å². The van der Waals surface area contributed by atoms with E-state index in [1.165, 1.54) is 76.4 Å². The number of benzene rings is 6. The fourth-order valence-corrected chi connectivity index (χ4v) is 6.61. The largest absolute Gasteiger partial charge is 0.307 e. The van der Waals surface area contributed by atoms with Crippen molar-refractivity contribution >= 4 is 70.7 Å². The molecule has 9 rings (SSSR count). The Hall–Kier alpha value is -5.08. The van der Waals surface area contributed by atoms with Gasteiger partial charge in [0.2, 0.25) is 0 Å². The highest BCUT2D eigenvalue weighted by Gasteiger charge is 2.19. The molecule has 3 heterocycles. The maximum Gasteiger partial charge on any atom is 0.0788 e. The normalized spacial score (nSPS) is 12.2. The van der Waals surface area contributed by atoms with Gasteiger partial charge in [0.1, 0.15) is 0 Å². The van der Waals surface area contributed by atoms with Crippen molar-refractivity contribution in [2.24, 2.45) is 0 Å². The van der Waals surface area contributed by atoms with Crippen molar-refractivity contribution in [3.8, 4) is 5.69 Å². The third-order valence-corrected chi connectivity index (χ3v) is 8.23. The Morgan fingerprint density at radius 2 is 0.947 bits per heavy atom. The molecule has 9 aromatic rings. The molecule has 0 spiro atoms. The van der Waals surface area contributed by atoms with Crippen molar-refractivity contribution in [1.82, 2.24) is 8.97 Å². The average Bonchev–Trinajstić information content (AvgIpc) is 3.54. The van der Waals surface area contributed by atoms with Crippen LogP contribution >= 0.6 is 0 Å². The molecule has 0 N–H and O–H groups in total. The molecule has 0 amide bonds. The van der Waals surface area contributed by atoms with E-state index in [1.54, 1.807) is 0 Å². The van der Waals surface area contributed by atoms with E-state index in [2.05, 4.69) is 142 Å². The molecule has 0 aliphatic rings. The van der Waals surface area contributed by atoms with Gasteiger partial charge in [-0.05, 0) is 46.5 Å². The lowest BCUT2D eigenvalue weighted by Gasteiger charge is -2.13. The Balaban J connectivity index is 1.57. The molecule has 0 unspecified atom stereocenters. The molecule has 0 bridgehead atoms. The molecule has 0 aliphatic heterocycles. The predicted molar refractivity (Wildman–Crippen MR) is 162 cm³/mol. The van der Waals surface area contributed by atoms with Gasteiger partial charge in [-0.25, -0.2) is 0 Å². The van der Waals surface area contributed by atoms with Crippen LogP contribution in [0.2, 0.25) is 0 Å². The lowest BCUT2D eigenvalue weighted by Crippen LogP contribution is -1.97. The van der Waals surface area contributed by atoms with E-state index < -0.39 is 0 Å². The standard InChI is InChI=1S/C36H22N2/c1-2-10-24-21-26(19-17-23(24)9-1)37-32-15-7-6-14-30(32)31-20-18-25-22-34-29-13-4-3-11-27(29)28-12-5-8-16-33(28)38(34)35(25)36(31)37/h1-22H. The first-order chi connectivity index (χ1) is 18.9. The Labute approximate surface area is 218 Å². The summed E-state index contributed by atoms with van der Waals surface area (Å²) in [6.45, 7) is 0. The SMILES string of the molecule is c1ccc2cc(-n3c4ccccc4c4ccc5cc6c7ccccc7c7ccccc7n6c5c43)ccc2c1. The Morgan fingerprint density at radius 1 is 0.342 bits per heavy atom. The van der Waals surface area contributed by atoms with Crippen LogP contribution in [0.1, 0.15) is 0 Å². The van der Waals surface area contributed by atoms with Crippen LogP contribution < -0.4 is 0 Å². The van der Waals surface area contributed by atoms with E-state index in [1.807, 2.05) is 0 Å². The van der Waals surface area contributed by atoms with Crippen LogP contribution in [0.3, 0.4) is 0 Å². The van der Waals surface area contributed by atoms with E-state index in [9.17, 15) is 0 Å². The zero-order valence-corrected chi connectivity index (χ0v) is 20.6. The van der Waals surface area contributed by atoms with E-state index in [0.29, 0.717) is 0 Å². The third-order valence-electron chi connectivity index (χ3n) is 8.23. The van der Waals surface area contributed by atoms with Crippen LogP contribution in [0.4, 0.5) is 0 Å². The van der Waals surface area contributed by atoms with Crippen LogP contribution in [0, 0.1) is 0 Å². The zero-order valence-electron chi connectivity index (χ0n) is 20.6. The van der Waals surface area contributed by atoms with Gasteiger partial charge in [0.25, 0.3) is 0 Å². The Kier molecular flexibility index (Phi) is 3.82. The number of pyridine rings is 1. The van der Waals surface area contributed by atoms with Crippen LogP contribution in [0.5, 0.6) is 0 Å². The summed E-state index contributed by atoms with van der Waals surface area (Å²) in [5, 5.41) is 10.2. The second-order valence-corrected chi connectivity index (χ2v) is 10.2. The second-order valence-electron chi connectivity index (χ2n) is 10.2. The summed E-state index contributed by atoms with van der Waals surface area (Å²) in [5.41, 5.74) is 7.40. The van der Waals surface area contributed by atoms with Gasteiger partial charge >= 0.3 is 0 Å². The molecule has 0 radical (unpaired) electrons. The number of aromatic nitrogens is 2. The molecular formula is C36H22N2. The van der Waals surface area contributed by atoms with Gasteiger partial charge < -0.3 is 8.97 Å². The number of nitrogens with zero attached hydrogens (tertiary/aromatic N) is 2. The molecule has 0 fully saturated rings.